The Labute approximate surface area is 101 Å². The SMILES string of the molecule is CCC(=O)CCC1CCC(CC(C)C)CC1. The maximum Gasteiger partial charge on any atom is 0.132 e. The van der Waals surface area contributed by atoms with Gasteiger partial charge in [-0.2, -0.15) is 0 Å². The second-order valence-corrected chi connectivity index (χ2v) is 5.95. The van der Waals surface area contributed by atoms with E-state index < -0.39 is 0 Å². The first-order valence-electron chi connectivity index (χ1n) is 7.13. The molecular weight excluding hydrogens is 196 g/mol. The summed E-state index contributed by atoms with van der Waals surface area (Å²) in [5, 5.41) is 0. The van der Waals surface area contributed by atoms with Crippen molar-refractivity contribution < 1.29 is 4.79 Å². The lowest BCUT2D eigenvalue weighted by Crippen LogP contribution is -2.16. The van der Waals surface area contributed by atoms with Crippen LogP contribution in [0, 0.1) is 17.8 Å². The van der Waals surface area contributed by atoms with Crippen molar-refractivity contribution in [3.63, 3.8) is 0 Å². The molecular formula is C15H28O. The van der Waals surface area contributed by atoms with Gasteiger partial charge in [0.15, 0.2) is 0 Å². The van der Waals surface area contributed by atoms with Crippen LogP contribution in [-0.4, -0.2) is 5.78 Å². The Morgan fingerprint density at radius 3 is 2.19 bits per heavy atom. The van der Waals surface area contributed by atoms with Crippen molar-refractivity contribution in [3.8, 4) is 0 Å². The van der Waals surface area contributed by atoms with Crippen LogP contribution in [0.15, 0.2) is 0 Å². The van der Waals surface area contributed by atoms with Crippen LogP contribution >= 0.6 is 0 Å². The molecule has 1 nitrogen and oxygen atoms in total. The monoisotopic (exact) mass is 224 g/mol. The van der Waals surface area contributed by atoms with E-state index in [2.05, 4.69) is 13.8 Å². The molecule has 0 saturated heterocycles. The first-order chi connectivity index (χ1) is 7.61. The molecule has 0 amide bonds. The molecule has 1 saturated carbocycles. The summed E-state index contributed by atoms with van der Waals surface area (Å²) in [6.45, 7) is 6.62. The second kappa shape index (κ2) is 7.09. The smallest absolute Gasteiger partial charge is 0.132 e. The zero-order chi connectivity index (χ0) is 12.0. The van der Waals surface area contributed by atoms with Crippen LogP contribution in [0.3, 0.4) is 0 Å². The Morgan fingerprint density at radius 1 is 1.12 bits per heavy atom. The number of rotatable bonds is 6. The predicted molar refractivity (Wildman–Crippen MR) is 69.4 cm³/mol. The first-order valence-corrected chi connectivity index (χ1v) is 7.13. The molecule has 0 heterocycles. The van der Waals surface area contributed by atoms with Crippen molar-refractivity contribution in [1.29, 1.82) is 0 Å². The third kappa shape index (κ3) is 5.14. The van der Waals surface area contributed by atoms with E-state index in [1.54, 1.807) is 0 Å². The van der Waals surface area contributed by atoms with Crippen molar-refractivity contribution in [2.45, 2.75) is 72.1 Å². The Kier molecular flexibility index (Phi) is 6.08. The third-order valence-electron chi connectivity index (χ3n) is 4.00. The van der Waals surface area contributed by atoms with Gasteiger partial charge in [-0.1, -0.05) is 46.5 Å². The van der Waals surface area contributed by atoms with E-state index in [1.165, 1.54) is 32.1 Å². The predicted octanol–water partition coefficient (Wildman–Crippen LogP) is 4.60. The highest BCUT2D eigenvalue weighted by atomic mass is 16.1. The first kappa shape index (κ1) is 13.7. The van der Waals surface area contributed by atoms with Gasteiger partial charge in [0, 0.05) is 12.8 Å². The average Bonchev–Trinajstić information content (AvgIpc) is 2.27. The van der Waals surface area contributed by atoms with Crippen molar-refractivity contribution in [1.82, 2.24) is 0 Å². The minimum absolute atomic E-state index is 0.448. The lowest BCUT2D eigenvalue weighted by Gasteiger charge is -2.29. The Balaban J connectivity index is 2.14. The third-order valence-corrected chi connectivity index (χ3v) is 4.00. The summed E-state index contributed by atoms with van der Waals surface area (Å²) < 4.78 is 0. The maximum absolute atomic E-state index is 11.3. The summed E-state index contributed by atoms with van der Waals surface area (Å²) in [5.41, 5.74) is 0. The zero-order valence-electron chi connectivity index (χ0n) is 11.3. The van der Waals surface area contributed by atoms with Gasteiger partial charge in [0.2, 0.25) is 0 Å². The van der Waals surface area contributed by atoms with Gasteiger partial charge in [-0.3, -0.25) is 4.79 Å². The normalized spacial score (nSPS) is 26.0. The van der Waals surface area contributed by atoms with Crippen LogP contribution in [0.2, 0.25) is 0 Å². The second-order valence-electron chi connectivity index (χ2n) is 5.95. The van der Waals surface area contributed by atoms with Crippen molar-refractivity contribution in [2.24, 2.45) is 17.8 Å². The van der Waals surface area contributed by atoms with Crippen molar-refractivity contribution in [2.75, 3.05) is 0 Å². The standard InChI is InChI=1S/C15H28O/c1-4-15(16)10-9-13-5-7-14(8-6-13)11-12(2)3/h12-14H,4-11H2,1-3H3. The molecule has 94 valence electrons. The molecule has 0 radical (unpaired) electrons. The van der Waals surface area contributed by atoms with Gasteiger partial charge in [-0.25, -0.2) is 0 Å². The largest absolute Gasteiger partial charge is 0.300 e. The zero-order valence-corrected chi connectivity index (χ0v) is 11.3. The molecule has 0 aromatic carbocycles. The summed E-state index contributed by atoms with van der Waals surface area (Å²) in [7, 11) is 0. The summed E-state index contributed by atoms with van der Waals surface area (Å²) in [5.74, 6) is 3.12. The van der Waals surface area contributed by atoms with E-state index in [0.29, 0.717) is 5.78 Å². The van der Waals surface area contributed by atoms with Crippen LogP contribution in [0.5, 0.6) is 0 Å². The molecule has 1 fully saturated rings. The summed E-state index contributed by atoms with van der Waals surface area (Å²) in [4.78, 5) is 11.3. The molecule has 0 N–H and O–H groups in total. The van der Waals surface area contributed by atoms with Crippen LogP contribution in [0.1, 0.15) is 72.1 Å². The number of ketones is 1. The summed E-state index contributed by atoms with van der Waals surface area (Å²) >= 11 is 0. The molecule has 0 aliphatic heterocycles. The van der Waals surface area contributed by atoms with Crippen LogP contribution < -0.4 is 0 Å². The van der Waals surface area contributed by atoms with E-state index in [9.17, 15) is 4.79 Å². The maximum atomic E-state index is 11.3. The molecule has 0 bridgehead atoms. The number of hydrogen-bond donors (Lipinski definition) is 0. The molecule has 0 aromatic rings. The number of hydrogen-bond acceptors (Lipinski definition) is 1. The number of Topliss-reactive ketones (excluding diaryl/α,β-unsaturated/α-hetero) is 1. The fraction of sp³-hybridized carbons (Fsp3) is 0.933. The lowest BCUT2D eigenvalue weighted by molar-refractivity contribution is -0.119. The number of carbonyl (C=O) groups excluding carboxylic acids is 1. The van der Waals surface area contributed by atoms with Crippen LogP contribution in [0.25, 0.3) is 0 Å². The molecule has 0 atom stereocenters. The van der Waals surface area contributed by atoms with E-state index in [-0.39, 0.29) is 0 Å². The van der Waals surface area contributed by atoms with Gasteiger partial charge >= 0.3 is 0 Å². The minimum atomic E-state index is 0.448. The van der Waals surface area contributed by atoms with E-state index in [1.807, 2.05) is 6.92 Å². The van der Waals surface area contributed by atoms with Gasteiger partial charge in [0.1, 0.15) is 5.78 Å². The van der Waals surface area contributed by atoms with Crippen molar-refractivity contribution >= 4 is 5.78 Å². The molecule has 1 rings (SSSR count). The Morgan fingerprint density at radius 2 is 1.69 bits per heavy atom. The molecule has 1 heteroatoms. The summed E-state index contributed by atoms with van der Waals surface area (Å²) in [6.07, 6.45) is 9.66. The highest BCUT2D eigenvalue weighted by Crippen LogP contribution is 2.34. The molecule has 0 unspecified atom stereocenters. The Bertz CT molecular complexity index is 199. The van der Waals surface area contributed by atoms with Gasteiger partial charge in [0.05, 0.1) is 0 Å². The summed E-state index contributed by atoms with van der Waals surface area (Å²) in [6, 6.07) is 0. The van der Waals surface area contributed by atoms with E-state index in [4.69, 9.17) is 0 Å². The molecule has 0 aromatic heterocycles. The van der Waals surface area contributed by atoms with Crippen molar-refractivity contribution in [3.05, 3.63) is 0 Å². The van der Waals surface area contributed by atoms with Gasteiger partial charge in [0.25, 0.3) is 0 Å². The highest BCUT2D eigenvalue weighted by Gasteiger charge is 2.21. The molecule has 16 heavy (non-hydrogen) atoms. The van der Waals surface area contributed by atoms with Gasteiger partial charge < -0.3 is 0 Å². The topological polar surface area (TPSA) is 17.1 Å². The van der Waals surface area contributed by atoms with E-state index >= 15 is 0 Å². The number of carbonyl (C=O) groups is 1. The van der Waals surface area contributed by atoms with Gasteiger partial charge in [-0.15, -0.1) is 0 Å². The molecule has 0 spiro atoms. The highest BCUT2D eigenvalue weighted by molar-refractivity contribution is 5.77. The Hall–Kier alpha value is -0.330. The molecule has 1 aliphatic carbocycles. The quantitative estimate of drug-likeness (QED) is 0.644. The minimum Gasteiger partial charge on any atom is -0.300 e. The fourth-order valence-corrected chi connectivity index (χ4v) is 2.96. The average molecular weight is 224 g/mol. The van der Waals surface area contributed by atoms with E-state index in [0.717, 1.165) is 37.0 Å². The van der Waals surface area contributed by atoms with Crippen LogP contribution in [0.4, 0.5) is 0 Å². The lowest BCUT2D eigenvalue weighted by atomic mass is 9.77. The van der Waals surface area contributed by atoms with Gasteiger partial charge in [-0.05, 0) is 30.6 Å². The van der Waals surface area contributed by atoms with Crippen LogP contribution in [-0.2, 0) is 4.79 Å². The molecule has 1 aliphatic rings. The fourth-order valence-electron chi connectivity index (χ4n) is 2.96.